The Hall–Kier alpha value is -0.940. The number of amides is 1. The molecule has 5 heteroatoms. The van der Waals surface area contributed by atoms with Gasteiger partial charge in [0.2, 0.25) is 5.91 Å². The van der Waals surface area contributed by atoms with Crippen LogP contribution in [0.5, 0.6) is 0 Å². The smallest absolute Gasteiger partial charge is 0.246 e. The summed E-state index contributed by atoms with van der Waals surface area (Å²) in [4.78, 5) is 15.8. The van der Waals surface area contributed by atoms with Crippen molar-refractivity contribution < 1.29 is 9.53 Å². The van der Waals surface area contributed by atoms with Crippen molar-refractivity contribution in [3.8, 4) is 0 Å². The fourth-order valence-corrected chi connectivity index (χ4v) is 2.00. The van der Waals surface area contributed by atoms with E-state index in [9.17, 15) is 4.79 Å². The monoisotopic (exact) mass is 242 g/mol. The summed E-state index contributed by atoms with van der Waals surface area (Å²) in [6, 6.07) is 0.00302. The molecule has 16 heavy (non-hydrogen) atoms. The first kappa shape index (κ1) is 13.1. The normalized spacial score (nSPS) is 12.8. The Morgan fingerprint density at radius 2 is 2.38 bits per heavy atom. The first-order valence-electron chi connectivity index (χ1n) is 5.43. The second kappa shape index (κ2) is 6.60. The zero-order chi connectivity index (χ0) is 12.0. The van der Waals surface area contributed by atoms with Crippen LogP contribution in [0.3, 0.4) is 0 Å². The molecular formula is C11H18N2O2S. The molecule has 0 saturated heterocycles. The van der Waals surface area contributed by atoms with Crippen molar-refractivity contribution in [2.75, 3.05) is 6.61 Å². The molecule has 1 atom stereocenters. The predicted molar refractivity (Wildman–Crippen MR) is 64.4 cm³/mol. The second-order valence-electron chi connectivity index (χ2n) is 3.76. The van der Waals surface area contributed by atoms with Gasteiger partial charge in [0.15, 0.2) is 0 Å². The minimum absolute atomic E-state index is 0.00302. The maximum Gasteiger partial charge on any atom is 0.246 e. The Labute approximate surface area is 100 Å². The minimum Gasteiger partial charge on any atom is -0.369 e. The SMILES string of the molecule is CCC(NC(=O)COC(C)C)c1nccs1. The van der Waals surface area contributed by atoms with Crippen LogP contribution < -0.4 is 5.32 Å². The predicted octanol–water partition coefficient (Wildman–Crippen LogP) is 2.14. The highest BCUT2D eigenvalue weighted by Crippen LogP contribution is 2.18. The highest BCUT2D eigenvalue weighted by atomic mass is 32.1. The molecule has 0 aromatic carbocycles. The number of rotatable bonds is 6. The molecule has 0 spiro atoms. The first-order chi connectivity index (χ1) is 7.63. The summed E-state index contributed by atoms with van der Waals surface area (Å²) < 4.78 is 5.24. The standard InChI is InChI=1S/C11H18N2O2S/c1-4-9(11-12-5-6-16-11)13-10(14)7-15-8(2)3/h5-6,8-9H,4,7H2,1-3H3,(H,13,14). The molecule has 0 aliphatic heterocycles. The number of nitrogens with one attached hydrogen (secondary N) is 1. The summed E-state index contributed by atoms with van der Waals surface area (Å²) in [6.45, 7) is 5.95. The minimum atomic E-state index is -0.0873. The average Bonchev–Trinajstić information content (AvgIpc) is 2.76. The van der Waals surface area contributed by atoms with Crippen LogP contribution in [0.15, 0.2) is 11.6 Å². The zero-order valence-electron chi connectivity index (χ0n) is 9.90. The van der Waals surface area contributed by atoms with Gasteiger partial charge >= 0.3 is 0 Å². The molecule has 1 unspecified atom stereocenters. The number of nitrogens with zero attached hydrogens (tertiary/aromatic N) is 1. The van der Waals surface area contributed by atoms with E-state index in [2.05, 4.69) is 10.3 Å². The quantitative estimate of drug-likeness (QED) is 0.831. The van der Waals surface area contributed by atoms with E-state index >= 15 is 0 Å². The number of aromatic nitrogens is 1. The Morgan fingerprint density at radius 1 is 1.62 bits per heavy atom. The Bertz CT molecular complexity index is 312. The van der Waals surface area contributed by atoms with Crippen LogP contribution in [0.4, 0.5) is 0 Å². The van der Waals surface area contributed by atoms with Gasteiger partial charge in [0.05, 0.1) is 12.1 Å². The van der Waals surface area contributed by atoms with Crippen molar-refractivity contribution in [2.24, 2.45) is 0 Å². The third-order valence-electron chi connectivity index (χ3n) is 2.04. The van der Waals surface area contributed by atoms with E-state index in [0.717, 1.165) is 11.4 Å². The number of thiazole rings is 1. The van der Waals surface area contributed by atoms with Crippen LogP contribution in [0.2, 0.25) is 0 Å². The van der Waals surface area contributed by atoms with Crippen molar-refractivity contribution in [3.63, 3.8) is 0 Å². The molecule has 0 aliphatic carbocycles. The lowest BCUT2D eigenvalue weighted by Crippen LogP contribution is -2.32. The van der Waals surface area contributed by atoms with Crippen molar-refractivity contribution >= 4 is 17.2 Å². The van der Waals surface area contributed by atoms with Gasteiger partial charge in [-0.2, -0.15) is 0 Å². The Morgan fingerprint density at radius 3 is 2.88 bits per heavy atom. The maximum absolute atomic E-state index is 11.6. The molecule has 90 valence electrons. The number of ether oxygens (including phenoxy) is 1. The first-order valence-corrected chi connectivity index (χ1v) is 6.31. The van der Waals surface area contributed by atoms with Crippen LogP contribution in [-0.2, 0) is 9.53 Å². The van der Waals surface area contributed by atoms with Crippen molar-refractivity contribution in [1.82, 2.24) is 10.3 Å². The number of hydrogen-bond donors (Lipinski definition) is 1. The number of hydrogen-bond acceptors (Lipinski definition) is 4. The van der Waals surface area contributed by atoms with Crippen LogP contribution in [0.25, 0.3) is 0 Å². The van der Waals surface area contributed by atoms with Gasteiger partial charge in [-0.05, 0) is 20.3 Å². The molecule has 0 fully saturated rings. The van der Waals surface area contributed by atoms with Crippen LogP contribution in [0, 0.1) is 0 Å². The average molecular weight is 242 g/mol. The molecule has 0 bridgehead atoms. The van der Waals surface area contributed by atoms with Crippen molar-refractivity contribution in [1.29, 1.82) is 0 Å². The fourth-order valence-electron chi connectivity index (χ4n) is 1.22. The van der Waals surface area contributed by atoms with E-state index in [4.69, 9.17) is 4.74 Å². The van der Waals surface area contributed by atoms with Crippen LogP contribution in [0.1, 0.15) is 38.2 Å². The van der Waals surface area contributed by atoms with Crippen LogP contribution >= 0.6 is 11.3 Å². The topological polar surface area (TPSA) is 51.2 Å². The zero-order valence-corrected chi connectivity index (χ0v) is 10.7. The second-order valence-corrected chi connectivity index (χ2v) is 4.68. The van der Waals surface area contributed by atoms with E-state index in [1.807, 2.05) is 26.2 Å². The lowest BCUT2D eigenvalue weighted by Gasteiger charge is -2.15. The van der Waals surface area contributed by atoms with Crippen molar-refractivity contribution in [3.05, 3.63) is 16.6 Å². The maximum atomic E-state index is 11.6. The van der Waals surface area contributed by atoms with Crippen molar-refractivity contribution in [2.45, 2.75) is 39.3 Å². The largest absolute Gasteiger partial charge is 0.369 e. The van der Waals surface area contributed by atoms with Gasteiger partial charge in [-0.1, -0.05) is 6.92 Å². The summed E-state index contributed by atoms with van der Waals surface area (Å²) in [5.74, 6) is -0.0873. The Balaban J connectivity index is 2.42. The molecule has 1 heterocycles. The summed E-state index contributed by atoms with van der Waals surface area (Å²) in [7, 11) is 0. The van der Waals surface area contributed by atoms with Gasteiger partial charge in [0.25, 0.3) is 0 Å². The Kier molecular flexibility index (Phi) is 5.42. The number of carbonyl (C=O) groups excluding carboxylic acids is 1. The fraction of sp³-hybridized carbons (Fsp3) is 0.636. The van der Waals surface area contributed by atoms with E-state index in [1.165, 1.54) is 0 Å². The van der Waals surface area contributed by atoms with E-state index in [1.54, 1.807) is 17.5 Å². The van der Waals surface area contributed by atoms with Gasteiger partial charge in [-0.25, -0.2) is 4.98 Å². The van der Waals surface area contributed by atoms with Gasteiger partial charge < -0.3 is 10.1 Å². The van der Waals surface area contributed by atoms with Gasteiger partial charge in [-0.3, -0.25) is 4.79 Å². The van der Waals surface area contributed by atoms with Crippen LogP contribution in [-0.4, -0.2) is 23.6 Å². The molecule has 1 amide bonds. The molecule has 1 N–H and O–H groups in total. The molecule has 1 rings (SSSR count). The summed E-state index contributed by atoms with van der Waals surface area (Å²) in [5.41, 5.74) is 0. The molecule has 4 nitrogen and oxygen atoms in total. The third-order valence-corrected chi connectivity index (χ3v) is 2.93. The molecular weight excluding hydrogens is 224 g/mol. The molecule has 0 radical (unpaired) electrons. The molecule has 1 aromatic rings. The molecule has 0 aliphatic rings. The summed E-state index contributed by atoms with van der Waals surface area (Å²) in [6.07, 6.45) is 2.66. The van der Waals surface area contributed by atoms with E-state index in [0.29, 0.717) is 0 Å². The third kappa shape index (κ3) is 4.28. The van der Waals surface area contributed by atoms with E-state index < -0.39 is 0 Å². The highest BCUT2D eigenvalue weighted by Gasteiger charge is 2.14. The lowest BCUT2D eigenvalue weighted by molar-refractivity contribution is -0.127. The molecule has 1 aromatic heterocycles. The van der Waals surface area contributed by atoms with Gasteiger partial charge in [0, 0.05) is 11.6 Å². The highest BCUT2D eigenvalue weighted by molar-refractivity contribution is 7.09. The van der Waals surface area contributed by atoms with Gasteiger partial charge in [-0.15, -0.1) is 11.3 Å². The lowest BCUT2D eigenvalue weighted by atomic mass is 10.2. The number of carbonyl (C=O) groups is 1. The van der Waals surface area contributed by atoms with Gasteiger partial charge in [0.1, 0.15) is 11.6 Å². The molecule has 0 saturated carbocycles. The van der Waals surface area contributed by atoms with E-state index in [-0.39, 0.29) is 24.7 Å². The summed E-state index contributed by atoms with van der Waals surface area (Å²) in [5, 5.41) is 5.76. The summed E-state index contributed by atoms with van der Waals surface area (Å²) >= 11 is 1.56.